The van der Waals surface area contributed by atoms with Crippen LogP contribution in [0.1, 0.15) is 36.2 Å². The zero-order chi connectivity index (χ0) is 13.0. The maximum Gasteiger partial charge on any atom is 0.0515 e. The highest BCUT2D eigenvalue weighted by molar-refractivity contribution is 5.89. The fourth-order valence-corrected chi connectivity index (χ4v) is 2.78. The largest absolute Gasteiger partial charge is 0.347 e. The summed E-state index contributed by atoms with van der Waals surface area (Å²) in [5.74, 6) is 0. The van der Waals surface area contributed by atoms with Gasteiger partial charge in [-0.15, -0.1) is 0 Å². The summed E-state index contributed by atoms with van der Waals surface area (Å²) in [7, 11) is 2.12. The molecular weight excluding hydrogens is 208 g/mol. The molecule has 17 heavy (non-hydrogen) atoms. The lowest BCUT2D eigenvalue weighted by atomic mass is 9.92. The standard InChI is InChI=1S/C15H22N2/c1-9-7-8-12-13(15(4,5)16)11(3)17(6)14(12)10(9)2/h7-8H,16H2,1-6H3. The third-order valence-electron chi connectivity index (χ3n) is 3.82. The molecule has 0 bridgehead atoms. The first-order valence-electron chi connectivity index (χ1n) is 6.09. The van der Waals surface area contributed by atoms with Gasteiger partial charge in [-0.1, -0.05) is 12.1 Å². The van der Waals surface area contributed by atoms with Crippen molar-refractivity contribution in [2.24, 2.45) is 12.8 Å². The lowest BCUT2D eigenvalue weighted by Crippen LogP contribution is -2.29. The molecule has 2 aromatic rings. The number of rotatable bonds is 1. The average molecular weight is 230 g/mol. The van der Waals surface area contributed by atoms with E-state index in [4.69, 9.17) is 5.73 Å². The van der Waals surface area contributed by atoms with Crippen molar-refractivity contribution >= 4 is 10.9 Å². The second kappa shape index (κ2) is 3.61. The number of fused-ring (bicyclic) bond motifs is 1. The summed E-state index contributed by atoms with van der Waals surface area (Å²) in [5, 5.41) is 1.29. The minimum Gasteiger partial charge on any atom is -0.347 e. The molecule has 0 radical (unpaired) electrons. The predicted octanol–water partition coefficient (Wildman–Crippen LogP) is 3.30. The highest BCUT2D eigenvalue weighted by Gasteiger charge is 2.24. The second-order valence-electron chi connectivity index (χ2n) is 5.64. The predicted molar refractivity (Wildman–Crippen MR) is 74.3 cm³/mol. The third kappa shape index (κ3) is 1.67. The van der Waals surface area contributed by atoms with Gasteiger partial charge in [0.1, 0.15) is 0 Å². The van der Waals surface area contributed by atoms with E-state index in [0.717, 1.165) is 0 Å². The molecule has 1 aromatic heterocycles. The summed E-state index contributed by atoms with van der Waals surface area (Å²) in [4.78, 5) is 0. The fourth-order valence-electron chi connectivity index (χ4n) is 2.78. The van der Waals surface area contributed by atoms with Crippen molar-refractivity contribution in [3.8, 4) is 0 Å². The van der Waals surface area contributed by atoms with Gasteiger partial charge in [0, 0.05) is 23.7 Å². The first-order valence-corrected chi connectivity index (χ1v) is 6.09. The van der Waals surface area contributed by atoms with Gasteiger partial charge in [0.2, 0.25) is 0 Å². The molecule has 92 valence electrons. The average Bonchev–Trinajstić information content (AvgIpc) is 2.46. The number of hydrogen-bond acceptors (Lipinski definition) is 1. The Balaban J connectivity index is 2.98. The Morgan fingerprint density at radius 3 is 2.24 bits per heavy atom. The topological polar surface area (TPSA) is 30.9 Å². The maximum atomic E-state index is 6.31. The smallest absolute Gasteiger partial charge is 0.0515 e. The molecule has 0 spiro atoms. The van der Waals surface area contributed by atoms with Crippen LogP contribution in [0.15, 0.2) is 12.1 Å². The minimum absolute atomic E-state index is 0.300. The van der Waals surface area contributed by atoms with E-state index in [0.29, 0.717) is 0 Å². The molecule has 0 amide bonds. The van der Waals surface area contributed by atoms with E-state index in [2.05, 4.69) is 58.4 Å². The first-order chi connectivity index (χ1) is 7.75. The van der Waals surface area contributed by atoms with E-state index >= 15 is 0 Å². The van der Waals surface area contributed by atoms with Gasteiger partial charge in [-0.05, 0) is 51.3 Å². The Kier molecular flexibility index (Phi) is 2.58. The van der Waals surface area contributed by atoms with Crippen LogP contribution >= 0.6 is 0 Å². The van der Waals surface area contributed by atoms with Crippen LogP contribution in [0.3, 0.4) is 0 Å². The van der Waals surface area contributed by atoms with Crippen LogP contribution in [0.2, 0.25) is 0 Å². The van der Waals surface area contributed by atoms with Crippen LogP contribution in [0.4, 0.5) is 0 Å². The van der Waals surface area contributed by atoms with Crippen molar-refractivity contribution in [1.29, 1.82) is 0 Å². The molecule has 0 aliphatic rings. The molecule has 2 N–H and O–H groups in total. The zero-order valence-electron chi connectivity index (χ0n) is 11.7. The van der Waals surface area contributed by atoms with Crippen molar-refractivity contribution < 1.29 is 0 Å². The lowest BCUT2D eigenvalue weighted by molar-refractivity contribution is 0.552. The SMILES string of the molecule is Cc1ccc2c(C(C)(C)N)c(C)n(C)c2c1C. The summed E-state index contributed by atoms with van der Waals surface area (Å²) in [5.41, 5.74) is 12.5. The number of benzene rings is 1. The monoisotopic (exact) mass is 230 g/mol. The van der Waals surface area contributed by atoms with Gasteiger partial charge in [0.25, 0.3) is 0 Å². The van der Waals surface area contributed by atoms with Crippen LogP contribution in [0, 0.1) is 20.8 Å². The number of aryl methyl sites for hydroxylation is 3. The summed E-state index contributed by atoms with van der Waals surface area (Å²) in [6.45, 7) is 10.6. The van der Waals surface area contributed by atoms with E-state index in [1.165, 1.54) is 33.3 Å². The summed E-state index contributed by atoms with van der Waals surface area (Å²) in [6, 6.07) is 4.39. The van der Waals surface area contributed by atoms with Gasteiger partial charge >= 0.3 is 0 Å². The van der Waals surface area contributed by atoms with Gasteiger partial charge in [-0.2, -0.15) is 0 Å². The molecule has 0 aliphatic carbocycles. The summed E-state index contributed by atoms with van der Waals surface area (Å²) >= 11 is 0. The molecule has 2 nitrogen and oxygen atoms in total. The second-order valence-corrected chi connectivity index (χ2v) is 5.64. The van der Waals surface area contributed by atoms with Crippen LogP contribution in [0.5, 0.6) is 0 Å². The number of aromatic nitrogens is 1. The van der Waals surface area contributed by atoms with Crippen LogP contribution in [-0.2, 0) is 12.6 Å². The van der Waals surface area contributed by atoms with E-state index in [9.17, 15) is 0 Å². The van der Waals surface area contributed by atoms with Crippen molar-refractivity contribution in [3.05, 3.63) is 34.5 Å². The molecule has 0 unspecified atom stereocenters. The van der Waals surface area contributed by atoms with Crippen LogP contribution in [-0.4, -0.2) is 4.57 Å². The molecule has 0 atom stereocenters. The van der Waals surface area contributed by atoms with Crippen molar-refractivity contribution in [1.82, 2.24) is 4.57 Å². The van der Waals surface area contributed by atoms with Crippen molar-refractivity contribution in [2.45, 2.75) is 40.2 Å². The van der Waals surface area contributed by atoms with Gasteiger partial charge in [-0.3, -0.25) is 0 Å². The van der Waals surface area contributed by atoms with Gasteiger partial charge in [0.05, 0.1) is 5.52 Å². The fraction of sp³-hybridized carbons (Fsp3) is 0.467. The molecule has 1 aromatic carbocycles. The lowest BCUT2D eigenvalue weighted by Gasteiger charge is -2.19. The van der Waals surface area contributed by atoms with E-state index in [-0.39, 0.29) is 5.54 Å². The number of nitrogens with two attached hydrogens (primary N) is 1. The molecule has 1 heterocycles. The normalized spacial score (nSPS) is 12.4. The highest BCUT2D eigenvalue weighted by atomic mass is 15.0. The molecular formula is C15H22N2. The van der Waals surface area contributed by atoms with Crippen LogP contribution in [0.25, 0.3) is 10.9 Å². The quantitative estimate of drug-likeness (QED) is 0.800. The Labute approximate surface area is 103 Å². The molecule has 0 saturated heterocycles. The van der Waals surface area contributed by atoms with Crippen molar-refractivity contribution in [2.75, 3.05) is 0 Å². The molecule has 2 heteroatoms. The molecule has 2 rings (SSSR count). The van der Waals surface area contributed by atoms with Crippen molar-refractivity contribution in [3.63, 3.8) is 0 Å². The summed E-state index contributed by atoms with van der Waals surface area (Å²) in [6.07, 6.45) is 0. The van der Waals surface area contributed by atoms with E-state index in [1.54, 1.807) is 0 Å². The summed E-state index contributed by atoms with van der Waals surface area (Å²) < 4.78 is 2.27. The van der Waals surface area contributed by atoms with Crippen LogP contribution < -0.4 is 5.73 Å². The van der Waals surface area contributed by atoms with Gasteiger partial charge < -0.3 is 10.3 Å². The Morgan fingerprint density at radius 2 is 1.71 bits per heavy atom. The zero-order valence-corrected chi connectivity index (χ0v) is 11.7. The highest BCUT2D eigenvalue weighted by Crippen LogP contribution is 2.34. The van der Waals surface area contributed by atoms with E-state index < -0.39 is 0 Å². The van der Waals surface area contributed by atoms with E-state index in [1.807, 2.05) is 0 Å². The number of nitrogens with zero attached hydrogens (tertiary/aromatic N) is 1. The Bertz CT molecular complexity index is 583. The Hall–Kier alpha value is -1.28. The molecule has 0 fully saturated rings. The Morgan fingerprint density at radius 1 is 1.12 bits per heavy atom. The van der Waals surface area contributed by atoms with Gasteiger partial charge in [-0.25, -0.2) is 0 Å². The third-order valence-corrected chi connectivity index (χ3v) is 3.82. The van der Waals surface area contributed by atoms with Gasteiger partial charge in [0.15, 0.2) is 0 Å². The molecule has 0 aliphatic heterocycles. The number of hydrogen-bond donors (Lipinski definition) is 1. The molecule has 0 saturated carbocycles. The minimum atomic E-state index is -0.300. The maximum absolute atomic E-state index is 6.31. The first kappa shape index (κ1) is 12.2.